The van der Waals surface area contributed by atoms with Crippen LogP contribution in [0.1, 0.15) is 13.3 Å². The zero-order valence-electron chi connectivity index (χ0n) is 6.65. The van der Waals surface area contributed by atoms with Crippen LogP contribution >= 0.6 is 0 Å². The van der Waals surface area contributed by atoms with Gasteiger partial charge in [-0.05, 0) is 13.3 Å². The van der Waals surface area contributed by atoms with E-state index in [1.165, 1.54) is 13.0 Å². The largest absolute Gasteiger partial charge is 0.416 e. The lowest BCUT2D eigenvalue weighted by atomic mass is 10.1. The van der Waals surface area contributed by atoms with E-state index in [0.29, 0.717) is 12.0 Å². The van der Waals surface area contributed by atoms with Crippen molar-refractivity contribution in [2.24, 2.45) is 0 Å². The van der Waals surface area contributed by atoms with Crippen molar-refractivity contribution in [3.05, 3.63) is 35.5 Å². The minimum Gasteiger partial charge on any atom is -0.166 e. The van der Waals surface area contributed by atoms with E-state index in [2.05, 4.69) is 0 Å². The highest BCUT2D eigenvalue weighted by molar-refractivity contribution is 5.34. The second-order valence-electron chi connectivity index (χ2n) is 2.68. The molecule has 0 nitrogen and oxygen atoms in total. The summed E-state index contributed by atoms with van der Waals surface area (Å²) in [5.41, 5.74) is -0.153. The Morgan fingerprint density at radius 1 is 1.25 bits per heavy atom. The molecule has 0 atom stereocenters. The van der Waals surface area contributed by atoms with Gasteiger partial charge in [-0.2, -0.15) is 13.2 Å². The molecule has 0 unspecified atom stereocenters. The van der Waals surface area contributed by atoms with Crippen molar-refractivity contribution in [1.82, 2.24) is 0 Å². The molecule has 3 heteroatoms. The first kappa shape index (κ1) is 9.10. The Morgan fingerprint density at radius 3 is 2.50 bits per heavy atom. The molecule has 0 amide bonds. The molecule has 0 spiro atoms. The van der Waals surface area contributed by atoms with Gasteiger partial charge < -0.3 is 0 Å². The van der Waals surface area contributed by atoms with E-state index >= 15 is 0 Å². The van der Waals surface area contributed by atoms with Crippen molar-refractivity contribution < 1.29 is 13.2 Å². The highest BCUT2D eigenvalue weighted by atomic mass is 19.4. The van der Waals surface area contributed by atoms with E-state index in [-0.39, 0.29) is 0 Å². The van der Waals surface area contributed by atoms with Crippen LogP contribution in [0.15, 0.2) is 35.5 Å². The van der Waals surface area contributed by atoms with Crippen LogP contribution in [-0.2, 0) is 0 Å². The van der Waals surface area contributed by atoms with Crippen LogP contribution in [0.25, 0.3) is 0 Å². The lowest BCUT2D eigenvalue weighted by Gasteiger charge is -2.09. The van der Waals surface area contributed by atoms with Gasteiger partial charge in [-0.3, -0.25) is 0 Å². The molecule has 1 aliphatic carbocycles. The molecule has 0 aromatic rings. The first-order chi connectivity index (χ1) is 5.52. The summed E-state index contributed by atoms with van der Waals surface area (Å²) in [4.78, 5) is 0. The molecule has 0 aromatic carbocycles. The lowest BCUT2D eigenvalue weighted by molar-refractivity contribution is -0.0890. The number of halogens is 3. The first-order valence-corrected chi connectivity index (χ1v) is 3.62. The highest BCUT2D eigenvalue weighted by Crippen LogP contribution is 2.31. The lowest BCUT2D eigenvalue weighted by Crippen LogP contribution is -2.11. The second kappa shape index (κ2) is 3.17. The van der Waals surface area contributed by atoms with Gasteiger partial charge in [0.2, 0.25) is 0 Å². The minimum absolute atomic E-state index is 0.368. The molecule has 0 aromatic heterocycles. The minimum atomic E-state index is -4.22. The monoisotopic (exact) mass is 174 g/mol. The first-order valence-electron chi connectivity index (χ1n) is 3.62. The summed E-state index contributed by atoms with van der Waals surface area (Å²) in [6, 6.07) is 0. The van der Waals surface area contributed by atoms with Gasteiger partial charge in [0, 0.05) is 0 Å². The van der Waals surface area contributed by atoms with Gasteiger partial charge >= 0.3 is 6.18 Å². The van der Waals surface area contributed by atoms with Crippen LogP contribution in [0, 0.1) is 0 Å². The number of rotatable bonds is 0. The highest BCUT2D eigenvalue weighted by Gasteiger charge is 2.33. The number of hydrogen-bond donors (Lipinski definition) is 0. The molecule has 0 heterocycles. The molecule has 0 saturated heterocycles. The van der Waals surface area contributed by atoms with Crippen LogP contribution in [0.3, 0.4) is 0 Å². The van der Waals surface area contributed by atoms with Crippen molar-refractivity contribution >= 4 is 0 Å². The maximum atomic E-state index is 12.2. The summed E-state index contributed by atoms with van der Waals surface area (Å²) in [7, 11) is 0. The van der Waals surface area contributed by atoms with E-state index in [1.54, 1.807) is 12.2 Å². The molecule has 0 N–H and O–H groups in total. The average molecular weight is 174 g/mol. The Hall–Kier alpha value is -0.990. The number of hydrogen-bond acceptors (Lipinski definition) is 0. The third-order valence-electron chi connectivity index (χ3n) is 1.70. The Balaban J connectivity index is 3.01. The quantitative estimate of drug-likeness (QED) is 0.528. The summed E-state index contributed by atoms with van der Waals surface area (Å²) >= 11 is 0. The summed E-state index contributed by atoms with van der Waals surface area (Å²) in [5.74, 6) is 0. The molecule has 0 radical (unpaired) electrons. The fourth-order valence-electron chi connectivity index (χ4n) is 1.06. The summed E-state index contributed by atoms with van der Waals surface area (Å²) in [5, 5.41) is 0. The van der Waals surface area contributed by atoms with Crippen LogP contribution in [-0.4, -0.2) is 6.18 Å². The van der Waals surface area contributed by atoms with E-state index in [4.69, 9.17) is 0 Å². The van der Waals surface area contributed by atoms with Gasteiger partial charge in [0.1, 0.15) is 0 Å². The molecule has 0 fully saturated rings. The Morgan fingerprint density at radius 2 is 1.92 bits per heavy atom. The Kier molecular flexibility index (Phi) is 2.40. The third kappa shape index (κ3) is 2.00. The van der Waals surface area contributed by atoms with Gasteiger partial charge in [-0.1, -0.05) is 29.9 Å². The molecular weight excluding hydrogens is 165 g/mol. The predicted molar refractivity (Wildman–Crippen MR) is 41.7 cm³/mol. The van der Waals surface area contributed by atoms with E-state index in [0.717, 1.165) is 6.08 Å². The van der Waals surface area contributed by atoms with Crippen LogP contribution in [0.2, 0.25) is 0 Å². The SMILES string of the molecule is CC1=C(C(F)(F)F)C=CC=CC1. The molecule has 66 valence electrons. The standard InChI is InChI=1S/C9H9F3/c1-7-5-3-2-4-6-8(7)9(10,11)12/h2-4,6H,5H2,1H3. The van der Waals surface area contributed by atoms with E-state index < -0.39 is 11.7 Å². The van der Waals surface area contributed by atoms with Crippen LogP contribution in [0.4, 0.5) is 13.2 Å². The maximum absolute atomic E-state index is 12.2. The van der Waals surface area contributed by atoms with Gasteiger partial charge in [0.25, 0.3) is 0 Å². The normalized spacial score (nSPS) is 18.3. The van der Waals surface area contributed by atoms with Crippen LogP contribution < -0.4 is 0 Å². The molecule has 0 aliphatic heterocycles. The van der Waals surface area contributed by atoms with Gasteiger partial charge in [0.15, 0.2) is 0 Å². The molecule has 1 aliphatic rings. The summed E-state index contributed by atoms with van der Waals surface area (Å²) in [6.07, 6.45) is 2.03. The smallest absolute Gasteiger partial charge is 0.166 e. The Bertz CT molecular complexity index is 253. The fourth-order valence-corrected chi connectivity index (χ4v) is 1.06. The van der Waals surface area contributed by atoms with E-state index in [1.807, 2.05) is 0 Å². The van der Waals surface area contributed by atoms with Gasteiger partial charge in [0.05, 0.1) is 5.57 Å². The summed E-state index contributed by atoms with van der Waals surface area (Å²) < 4.78 is 36.7. The fraction of sp³-hybridized carbons (Fsp3) is 0.333. The zero-order valence-corrected chi connectivity index (χ0v) is 6.65. The molecule has 12 heavy (non-hydrogen) atoms. The van der Waals surface area contributed by atoms with E-state index in [9.17, 15) is 13.2 Å². The van der Waals surface area contributed by atoms with Crippen molar-refractivity contribution in [2.75, 3.05) is 0 Å². The number of allylic oxidation sites excluding steroid dienone is 6. The van der Waals surface area contributed by atoms with Crippen molar-refractivity contribution in [1.29, 1.82) is 0 Å². The zero-order chi connectivity index (χ0) is 9.19. The molecule has 0 saturated carbocycles. The molecular formula is C9H9F3. The molecule has 1 rings (SSSR count). The van der Waals surface area contributed by atoms with Crippen molar-refractivity contribution in [2.45, 2.75) is 19.5 Å². The summed E-state index contributed by atoms with van der Waals surface area (Å²) in [6.45, 7) is 1.50. The Labute approximate surface area is 69.1 Å². The number of alkyl halides is 3. The molecule has 0 bridgehead atoms. The maximum Gasteiger partial charge on any atom is 0.416 e. The van der Waals surface area contributed by atoms with Gasteiger partial charge in [-0.15, -0.1) is 0 Å². The van der Waals surface area contributed by atoms with Crippen molar-refractivity contribution in [3.63, 3.8) is 0 Å². The van der Waals surface area contributed by atoms with Crippen molar-refractivity contribution in [3.8, 4) is 0 Å². The topological polar surface area (TPSA) is 0 Å². The third-order valence-corrected chi connectivity index (χ3v) is 1.70. The average Bonchev–Trinajstić information content (AvgIpc) is 2.11. The predicted octanol–water partition coefficient (Wildman–Crippen LogP) is 3.38. The second-order valence-corrected chi connectivity index (χ2v) is 2.68. The van der Waals surface area contributed by atoms with Gasteiger partial charge in [-0.25, -0.2) is 0 Å². The van der Waals surface area contributed by atoms with Crippen LogP contribution in [0.5, 0.6) is 0 Å².